The minimum absolute atomic E-state index is 0.156. The summed E-state index contributed by atoms with van der Waals surface area (Å²) in [4.78, 5) is 10.6. The van der Waals surface area contributed by atoms with Crippen LogP contribution in [-0.2, 0) is 0 Å². The van der Waals surface area contributed by atoms with Gasteiger partial charge in [-0.25, -0.2) is 9.97 Å². The molecule has 4 nitrogen and oxygen atoms in total. The molecule has 1 saturated heterocycles. The topological polar surface area (TPSA) is 52.8 Å². The molecule has 0 unspecified atom stereocenters. The van der Waals surface area contributed by atoms with Crippen molar-refractivity contribution >= 4 is 5.82 Å². The fourth-order valence-corrected chi connectivity index (χ4v) is 2.05. The van der Waals surface area contributed by atoms with Crippen LogP contribution in [0.2, 0.25) is 0 Å². The van der Waals surface area contributed by atoms with Gasteiger partial charge in [0.2, 0.25) is 0 Å². The monoisotopic (exact) mass is 202 g/mol. The molecular weight excluding hydrogens is 188 g/mol. The number of nitrogens with zero attached hydrogens (tertiary/aromatic N) is 4. The Balaban J connectivity index is 2.27. The van der Waals surface area contributed by atoms with Gasteiger partial charge < -0.3 is 4.90 Å². The lowest BCUT2D eigenvalue weighted by Gasteiger charge is -2.32. The Morgan fingerprint density at radius 1 is 1.40 bits per heavy atom. The fourth-order valence-electron chi connectivity index (χ4n) is 2.05. The number of anilines is 1. The first-order valence-corrected chi connectivity index (χ1v) is 5.13. The first-order valence-electron chi connectivity index (χ1n) is 5.13. The maximum absolute atomic E-state index is 8.63. The minimum Gasteiger partial charge on any atom is -0.350 e. The largest absolute Gasteiger partial charge is 0.350 e. The van der Waals surface area contributed by atoms with Crippen molar-refractivity contribution in [1.29, 1.82) is 5.26 Å². The molecule has 0 aromatic carbocycles. The third-order valence-corrected chi connectivity index (χ3v) is 2.93. The lowest BCUT2D eigenvalue weighted by atomic mass is 10.0. The van der Waals surface area contributed by atoms with E-state index in [1.165, 1.54) is 19.0 Å². The second-order valence-electron chi connectivity index (χ2n) is 4.44. The summed E-state index contributed by atoms with van der Waals surface area (Å²) in [5.41, 5.74) is 0.527. The van der Waals surface area contributed by atoms with Gasteiger partial charge in [0, 0.05) is 12.1 Å². The summed E-state index contributed by atoms with van der Waals surface area (Å²) in [5, 5.41) is 8.63. The van der Waals surface area contributed by atoms with Crippen LogP contribution in [0.4, 0.5) is 5.82 Å². The molecule has 1 aliphatic heterocycles. The molecule has 2 heterocycles. The molecule has 1 aromatic heterocycles. The molecule has 78 valence electrons. The van der Waals surface area contributed by atoms with E-state index in [1.807, 2.05) is 6.07 Å². The molecule has 0 bridgehead atoms. The number of rotatable bonds is 1. The zero-order valence-corrected chi connectivity index (χ0v) is 9.06. The molecule has 2 rings (SSSR count). The van der Waals surface area contributed by atoms with Crippen LogP contribution < -0.4 is 4.90 Å². The SMILES string of the molecule is CC1(C)CCCN1c1cnc(C#N)cn1. The van der Waals surface area contributed by atoms with E-state index in [-0.39, 0.29) is 5.54 Å². The number of hydrogen-bond acceptors (Lipinski definition) is 4. The normalized spacial score (nSPS) is 18.9. The maximum Gasteiger partial charge on any atom is 0.158 e. The van der Waals surface area contributed by atoms with Gasteiger partial charge in [0.25, 0.3) is 0 Å². The van der Waals surface area contributed by atoms with Crippen LogP contribution in [-0.4, -0.2) is 22.1 Å². The summed E-state index contributed by atoms with van der Waals surface area (Å²) in [5.74, 6) is 0.872. The Labute approximate surface area is 89.6 Å². The molecule has 15 heavy (non-hydrogen) atoms. The van der Waals surface area contributed by atoms with Gasteiger partial charge in [0.15, 0.2) is 5.69 Å². The van der Waals surface area contributed by atoms with Crippen molar-refractivity contribution in [3.8, 4) is 6.07 Å². The van der Waals surface area contributed by atoms with Crippen molar-refractivity contribution < 1.29 is 0 Å². The van der Waals surface area contributed by atoms with Crippen molar-refractivity contribution in [1.82, 2.24) is 9.97 Å². The lowest BCUT2D eigenvalue weighted by molar-refractivity contribution is 0.513. The first kappa shape index (κ1) is 9.91. The summed E-state index contributed by atoms with van der Waals surface area (Å²) >= 11 is 0. The minimum atomic E-state index is 0.156. The van der Waals surface area contributed by atoms with Crippen molar-refractivity contribution in [2.75, 3.05) is 11.4 Å². The zero-order valence-electron chi connectivity index (χ0n) is 9.06. The standard InChI is InChI=1S/C11H14N4/c1-11(2)4-3-5-15(11)10-8-13-9(6-12)7-14-10/h7-8H,3-5H2,1-2H3. The van der Waals surface area contributed by atoms with E-state index in [4.69, 9.17) is 5.26 Å². The molecule has 0 spiro atoms. The van der Waals surface area contributed by atoms with Gasteiger partial charge >= 0.3 is 0 Å². The van der Waals surface area contributed by atoms with Crippen LogP contribution in [0.25, 0.3) is 0 Å². The molecule has 1 aliphatic rings. The van der Waals surface area contributed by atoms with Crippen LogP contribution in [0.3, 0.4) is 0 Å². The summed E-state index contributed by atoms with van der Waals surface area (Å²) in [6.07, 6.45) is 5.58. The second-order valence-corrected chi connectivity index (χ2v) is 4.44. The molecule has 0 atom stereocenters. The predicted molar refractivity (Wildman–Crippen MR) is 57.4 cm³/mol. The van der Waals surface area contributed by atoms with Gasteiger partial charge in [-0.15, -0.1) is 0 Å². The van der Waals surface area contributed by atoms with Gasteiger partial charge in [0.05, 0.1) is 12.4 Å². The average Bonchev–Trinajstić information content (AvgIpc) is 2.58. The van der Waals surface area contributed by atoms with E-state index in [2.05, 4.69) is 28.7 Å². The second kappa shape index (κ2) is 3.50. The quantitative estimate of drug-likeness (QED) is 0.696. The van der Waals surface area contributed by atoms with Gasteiger partial charge in [-0.05, 0) is 26.7 Å². The smallest absolute Gasteiger partial charge is 0.158 e. The highest BCUT2D eigenvalue weighted by atomic mass is 15.3. The highest BCUT2D eigenvalue weighted by Gasteiger charge is 2.32. The van der Waals surface area contributed by atoms with E-state index in [0.717, 1.165) is 12.4 Å². The molecule has 0 N–H and O–H groups in total. The summed E-state index contributed by atoms with van der Waals surface area (Å²) in [6.45, 7) is 5.44. The molecule has 0 amide bonds. The van der Waals surface area contributed by atoms with Gasteiger partial charge in [0.1, 0.15) is 11.9 Å². The van der Waals surface area contributed by atoms with E-state index in [1.54, 1.807) is 6.20 Å². The van der Waals surface area contributed by atoms with E-state index in [0.29, 0.717) is 5.69 Å². The third-order valence-electron chi connectivity index (χ3n) is 2.93. The fraction of sp³-hybridized carbons (Fsp3) is 0.545. The van der Waals surface area contributed by atoms with Crippen molar-refractivity contribution in [3.63, 3.8) is 0 Å². The predicted octanol–water partition coefficient (Wildman–Crippen LogP) is 1.73. The van der Waals surface area contributed by atoms with Gasteiger partial charge in [-0.2, -0.15) is 5.26 Å². The zero-order chi connectivity index (χ0) is 10.9. The van der Waals surface area contributed by atoms with Crippen molar-refractivity contribution in [2.45, 2.75) is 32.2 Å². The third kappa shape index (κ3) is 1.78. The van der Waals surface area contributed by atoms with Crippen LogP contribution in [0.1, 0.15) is 32.4 Å². The Kier molecular flexibility index (Phi) is 2.31. The van der Waals surface area contributed by atoms with Gasteiger partial charge in [-0.1, -0.05) is 0 Å². The van der Waals surface area contributed by atoms with Crippen LogP contribution >= 0.6 is 0 Å². The number of aromatic nitrogens is 2. The van der Waals surface area contributed by atoms with Crippen LogP contribution in [0.15, 0.2) is 12.4 Å². The Hall–Kier alpha value is -1.63. The number of hydrogen-bond donors (Lipinski definition) is 0. The molecule has 4 heteroatoms. The van der Waals surface area contributed by atoms with Crippen LogP contribution in [0, 0.1) is 11.3 Å². The Bertz CT molecular complexity index is 388. The molecule has 0 saturated carbocycles. The van der Waals surface area contributed by atoms with E-state index >= 15 is 0 Å². The van der Waals surface area contributed by atoms with Gasteiger partial charge in [-0.3, -0.25) is 0 Å². The van der Waals surface area contributed by atoms with Crippen LogP contribution in [0.5, 0.6) is 0 Å². The van der Waals surface area contributed by atoms with Crippen molar-refractivity contribution in [2.24, 2.45) is 0 Å². The average molecular weight is 202 g/mol. The first-order chi connectivity index (χ1) is 7.13. The summed E-state index contributed by atoms with van der Waals surface area (Å²) in [7, 11) is 0. The maximum atomic E-state index is 8.63. The summed E-state index contributed by atoms with van der Waals surface area (Å²) < 4.78 is 0. The molecule has 0 aliphatic carbocycles. The molecule has 0 radical (unpaired) electrons. The van der Waals surface area contributed by atoms with E-state index in [9.17, 15) is 0 Å². The van der Waals surface area contributed by atoms with Crippen molar-refractivity contribution in [3.05, 3.63) is 18.1 Å². The van der Waals surface area contributed by atoms with E-state index < -0.39 is 0 Å². The molecule has 1 aromatic rings. The molecular formula is C11H14N4. The Morgan fingerprint density at radius 2 is 2.20 bits per heavy atom. The Morgan fingerprint density at radius 3 is 2.67 bits per heavy atom. The highest BCUT2D eigenvalue weighted by molar-refractivity contribution is 5.41. The highest BCUT2D eigenvalue weighted by Crippen LogP contribution is 2.31. The summed E-state index contributed by atoms with van der Waals surface area (Å²) in [6, 6.07) is 1.97. The molecule has 1 fully saturated rings. The lowest BCUT2D eigenvalue weighted by Crippen LogP contribution is -2.38. The number of nitriles is 1.